The van der Waals surface area contributed by atoms with Gasteiger partial charge in [0.2, 0.25) is 0 Å². The molecule has 0 spiro atoms. The Hall–Kier alpha value is 0. The first-order valence-corrected chi connectivity index (χ1v) is 5.61. The lowest BCUT2D eigenvalue weighted by molar-refractivity contribution is 0.0201. The number of fused-ring (bicyclic) bond motifs is 3. The quantitative estimate of drug-likeness (QED) is 0.583. The van der Waals surface area contributed by atoms with Crippen LogP contribution in [0.5, 0.6) is 0 Å². The molecule has 1 atom stereocenters. The lowest BCUT2D eigenvalue weighted by Gasteiger charge is -2.52. The molecule has 12 heavy (non-hydrogen) atoms. The molecule has 0 saturated heterocycles. The number of hydrogen-bond acceptors (Lipinski definition) is 0. The second-order valence-electron chi connectivity index (χ2n) is 4.81. The average Bonchev–Trinajstić information content (AvgIpc) is 2.19. The van der Waals surface area contributed by atoms with Crippen LogP contribution in [0.3, 0.4) is 0 Å². The summed E-state index contributed by atoms with van der Waals surface area (Å²) < 4.78 is 0. The third-order valence-electron chi connectivity index (χ3n) is 4.53. The van der Waals surface area contributed by atoms with E-state index in [1.807, 2.05) is 0 Å². The fourth-order valence-corrected chi connectivity index (χ4v) is 3.59. The van der Waals surface area contributed by atoms with Crippen LogP contribution in [0.25, 0.3) is 0 Å². The van der Waals surface area contributed by atoms with Crippen LogP contribution < -0.4 is 0 Å². The summed E-state index contributed by atoms with van der Waals surface area (Å²) in [5.74, 6) is 2.12. The zero-order chi connectivity index (χ0) is 8.60. The predicted octanol–water partition coefficient (Wildman–Crippen LogP) is 3.82. The molecule has 2 bridgehead atoms. The smallest absolute Gasteiger partial charge is 0.0241 e. The summed E-state index contributed by atoms with van der Waals surface area (Å²) >= 11 is 0. The maximum absolute atomic E-state index is 2.52. The van der Waals surface area contributed by atoms with Crippen molar-refractivity contribution in [3.63, 3.8) is 0 Å². The van der Waals surface area contributed by atoms with E-state index in [0.29, 0.717) is 5.41 Å². The van der Waals surface area contributed by atoms with E-state index in [-0.39, 0.29) is 0 Å². The fourth-order valence-electron chi connectivity index (χ4n) is 3.59. The van der Waals surface area contributed by atoms with E-state index in [2.05, 4.69) is 20.3 Å². The van der Waals surface area contributed by atoms with E-state index in [0.717, 1.165) is 11.8 Å². The second-order valence-corrected chi connectivity index (χ2v) is 4.81. The van der Waals surface area contributed by atoms with Gasteiger partial charge in [-0.05, 0) is 55.8 Å². The zero-order valence-corrected chi connectivity index (χ0v) is 8.47. The monoisotopic (exact) mass is 165 g/mol. The van der Waals surface area contributed by atoms with Crippen molar-refractivity contribution in [2.45, 2.75) is 52.4 Å². The van der Waals surface area contributed by atoms with E-state index in [1.165, 1.54) is 38.5 Å². The minimum Gasteiger partial charge on any atom is -0.0651 e. The van der Waals surface area contributed by atoms with Gasteiger partial charge in [-0.1, -0.05) is 20.3 Å². The minimum absolute atomic E-state index is 0.670. The molecule has 0 heteroatoms. The molecule has 3 fully saturated rings. The van der Waals surface area contributed by atoms with Crippen molar-refractivity contribution < 1.29 is 0 Å². The lowest BCUT2D eigenvalue weighted by atomic mass is 9.53. The molecule has 0 N–H and O–H groups in total. The van der Waals surface area contributed by atoms with Gasteiger partial charge < -0.3 is 0 Å². The molecule has 3 rings (SSSR count). The van der Waals surface area contributed by atoms with E-state index in [9.17, 15) is 0 Å². The highest BCUT2D eigenvalue weighted by atomic mass is 14.5. The predicted molar refractivity (Wildman–Crippen MR) is 52.8 cm³/mol. The van der Waals surface area contributed by atoms with E-state index < -0.39 is 0 Å². The van der Waals surface area contributed by atoms with Crippen LogP contribution in [0, 0.1) is 23.7 Å². The normalized spacial score (nSPS) is 46.5. The van der Waals surface area contributed by atoms with Gasteiger partial charge in [-0.25, -0.2) is 0 Å². The molecule has 1 radical (unpaired) electrons. The Morgan fingerprint density at radius 1 is 1.33 bits per heavy atom. The summed E-state index contributed by atoms with van der Waals surface area (Å²) in [5.41, 5.74) is 0.670. The van der Waals surface area contributed by atoms with Gasteiger partial charge in [0.15, 0.2) is 0 Å². The SMILES string of the molecule is C[CH]C12CCC(CC1)CC2CC. The molecule has 3 aliphatic carbocycles. The number of hydrogen-bond donors (Lipinski definition) is 0. The molecule has 0 nitrogen and oxygen atoms in total. The summed E-state index contributed by atoms with van der Waals surface area (Å²) in [5, 5.41) is 0. The first kappa shape index (κ1) is 8.59. The Morgan fingerprint density at radius 2 is 2.00 bits per heavy atom. The lowest BCUT2D eigenvalue weighted by Crippen LogP contribution is -2.41. The fraction of sp³-hybridized carbons (Fsp3) is 0.917. The highest BCUT2D eigenvalue weighted by Crippen LogP contribution is 2.56. The Kier molecular flexibility index (Phi) is 2.18. The second kappa shape index (κ2) is 3.05. The van der Waals surface area contributed by atoms with Gasteiger partial charge in [-0.15, -0.1) is 0 Å². The van der Waals surface area contributed by atoms with Crippen LogP contribution in [-0.2, 0) is 0 Å². The summed E-state index contributed by atoms with van der Waals surface area (Å²) in [6.07, 6.45) is 11.5. The topological polar surface area (TPSA) is 0 Å². The highest BCUT2D eigenvalue weighted by Gasteiger charge is 2.45. The first-order chi connectivity index (χ1) is 5.80. The van der Waals surface area contributed by atoms with Crippen LogP contribution in [0.4, 0.5) is 0 Å². The van der Waals surface area contributed by atoms with Crippen molar-refractivity contribution in [1.82, 2.24) is 0 Å². The van der Waals surface area contributed by atoms with E-state index >= 15 is 0 Å². The maximum Gasteiger partial charge on any atom is -0.0241 e. The summed E-state index contributed by atoms with van der Waals surface area (Å²) in [6, 6.07) is 0. The summed E-state index contributed by atoms with van der Waals surface area (Å²) in [4.78, 5) is 0. The molecule has 0 aromatic rings. The van der Waals surface area contributed by atoms with Gasteiger partial charge in [-0.3, -0.25) is 0 Å². The van der Waals surface area contributed by atoms with Crippen molar-refractivity contribution >= 4 is 0 Å². The molecule has 0 aromatic heterocycles. The molecule has 0 amide bonds. The van der Waals surface area contributed by atoms with E-state index in [1.54, 1.807) is 0 Å². The van der Waals surface area contributed by atoms with Crippen LogP contribution in [0.15, 0.2) is 0 Å². The first-order valence-electron chi connectivity index (χ1n) is 5.61. The van der Waals surface area contributed by atoms with Crippen LogP contribution in [0.1, 0.15) is 52.4 Å². The molecule has 3 saturated carbocycles. The summed E-state index contributed by atoms with van der Waals surface area (Å²) in [7, 11) is 0. The van der Waals surface area contributed by atoms with Crippen LogP contribution in [-0.4, -0.2) is 0 Å². The molecule has 0 aromatic carbocycles. The van der Waals surface area contributed by atoms with Gasteiger partial charge in [0.25, 0.3) is 0 Å². The van der Waals surface area contributed by atoms with Crippen molar-refractivity contribution in [2.75, 3.05) is 0 Å². The number of rotatable bonds is 2. The van der Waals surface area contributed by atoms with Gasteiger partial charge in [0.05, 0.1) is 0 Å². The van der Waals surface area contributed by atoms with Crippen molar-refractivity contribution in [2.24, 2.45) is 17.3 Å². The van der Waals surface area contributed by atoms with Crippen molar-refractivity contribution in [1.29, 1.82) is 0 Å². The Labute approximate surface area is 76.7 Å². The van der Waals surface area contributed by atoms with Gasteiger partial charge in [0, 0.05) is 0 Å². The largest absolute Gasteiger partial charge is 0.0651 e. The zero-order valence-electron chi connectivity index (χ0n) is 8.47. The molecular formula is C12H21. The van der Waals surface area contributed by atoms with E-state index in [4.69, 9.17) is 0 Å². The average molecular weight is 165 g/mol. The Morgan fingerprint density at radius 3 is 2.42 bits per heavy atom. The Bertz CT molecular complexity index is 151. The molecule has 69 valence electrons. The maximum atomic E-state index is 2.52. The summed E-state index contributed by atoms with van der Waals surface area (Å²) in [6.45, 7) is 4.66. The molecular weight excluding hydrogens is 144 g/mol. The van der Waals surface area contributed by atoms with Crippen molar-refractivity contribution in [3.8, 4) is 0 Å². The van der Waals surface area contributed by atoms with Crippen LogP contribution >= 0.6 is 0 Å². The van der Waals surface area contributed by atoms with Gasteiger partial charge >= 0.3 is 0 Å². The standard InChI is InChI=1S/C12H21/c1-3-11-9-10-5-7-12(11,4-2)8-6-10/h4,10-11H,3,5-9H2,1-2H3. The Balaban J connectivity index is 2.15. The van der Waals surface area contributed by atoms with Gasteiger partial charge in [-0.2, -0.15) is 0 Å². The molecule has 0 heterocycles. The highest BCUT2D eigenvalue weighted by molar-refractivity contribution is 5.02. The third kappa shape index (κ3) is 1.11. The third-order valence-corrected chi connectivity index (χ3v) is 4.53. The molecule has 1 unspecified atom stereocenters. The van der Waals surface area contributed by atoms with Crippen LogP contribution in [0.2, 0.25) is 0 Å². The van der Waals surface area contributed by atoms with Crippen molar-refractivity contribution in [3.05, 3.63) is 6.42 Å². The van der Waals surface area contributed by atoms with Gasteiger partial charge in [0.1, 0.15) is 0 Å². The minimum atomic E-state index is 0.670. The molecule has 0 aliphatic heterocycles. The molecule has 3 aliphatic rings.